The molecular weight excluding hydrogens is 224 g/mol. The van der Waals surface area contributed by atoms with Gasteiger partial charge in [0.15, 0.2) is 0 Å². The Bertz CT molecular complexity index is 411. The van der Waals surface area contributed by atoms with Crippen molar-refractivity contribution in [2.24, 2.45) is 0 Å². The molecule has 0 heterocycles. The molecule has 0 aromatic heterocycles. The number of aliphatic carboxylic acids is 1. The van der Waals surface area contributed by atoms with Crippen molar-refractivity contribution in [2.45, 2.75) is 44.4 Å². The van der Waals surface area contributed by atoms with E-state index in [2.05, 4.69) is 24.3 Å². The molecule has 0 radical (unpaired) electrons. The molecule has 0 saturated heterocycles. The second-order valence-electron chi connectivity index (χ2n) is 5.00. The number of carboxylic acid groups (broad SMARTS) is 1. The molecule has 1 fully saturated rings. The van der Waals surface area contributed by atoms with Crippen LogP contribution in [0.2, 0.25) is 0 Å². The van der Waals surface area contributed by atoms with Crippen molar-refractivity contribution in [3.8, 4) is 0 Å². The number of benzene rings is 1. The third-order valence-electron chi connectivity index (χ3n) is 3.62. The molecule has 2 heteroatoms. The summed E-state index contributed by atoms with van der Waals surface area (Å²) in [5.41, 5.74) is 2.51. The maximum absolute atomic E-state index is 10.4. The average Bonchev–Trinajstić information content (AvgIpc) is 2.40. The van der Waals surface area contributed by atoms with Crippen molar-refractivity contribution < 1.29 is 9.90 Å². The van der Waals surface area contributed by atoms with Crippen LogP contribution in [-0.2, 0) is 4.79 Å². The molecule has 0 unspecified atom stereocenters. The Hall–Kier alpha value is -1.57. The molecule has 1 aliphatic rings. The fourth-order valence-electron chi connectivity index (χ4n) is 2.61. The quantitative estimate of drug-likeness (QED) is 0.860. The van der Waals surface area contributed by atoms with Crippen molar-refractivity contribution in [3.05, 3.63) is 41.5 Å². The van der Waals surface area contributed by atoms with Crippen LogP contribution in [0.3, 0.4) is 0 Å². The van der Waals surface area contributed by atoms with Gasteiger partial charge in [0.05, 0.1) is 6.42 Å². The number of carboxylic acids is 1. The SMILES string of the molecule is O=C(O)C/C=C/c1ccc(C2CCCCC2)cc1. The first-order valence-corrected chi connectivity index (χ1v) is 6.74. The summed E-state index contributed by atoms with van der Waals surface area (Å²) in [6.45, 7) is 0. The summed E-state index contributed by atoms with van der Waals surface area (Å²) in [6.07, 6.45) is 10.4. The Balaban J connectivity index is 1.96. The van der Waals surface area contributed by atoms with Gasteiger partial charge in [0.25, 0.3) is 0 Å². The molecular formula is C16H20O2. The van der Waals surface area contributed by atoms with Crippen LogP contribution in [0.1, 0.15) is 55.6 Å². The van der Waals surface area contributed by atoms with Gasteiger partial charge in [-0.15, -0.1) is 0 Å². The van der Waals surface area contributed by atoms with E-state index in [0.29, 0.717) is 0 Å². The first-order chi connectivity index (χ1) is 8.75. The van der Waals surface area contributed by atoms with Crippen molar-refractivity contribution in [3.63, 3.8) is 0 Å². The molecule has 2 rings (SSSR count). The van der Waals surface area contributed by atoms with Gasteiger partial charge in [0.2, 0.25) is 0 Å². The molecule has 96 valence electrons. The third kappa shape index (κ3) is 3.73. The average molecular weight is 244 g/mol. The topological polar surface area (TPSA) is 37.3 Å². The lowest BCUT2D eigenvalue weighted by Crippen LogP contribution is -2.04. The van der Waals surface area contributed by atoms with Crippen LogP contribution < -0.4 is 0 Å². The van der Waals surface area contributed by atoms with Crippen molar-refractivity contribution in [1.29, 1.82) is 0 Å². The van der Waals surface area contributed by atoms with E-state index >= 15 is 0 Å². The highest BCUT2D eigenvalue weighted by Gasteiger charge is 2.14. The highest BCUT2D eigenvalue weighted by Crippen LogP contribution is 2.32. The van der Waals surface area contributed by atoms with E-state index in [9.17, 15) is 4.79 Å². The second-order valence-corrected chi connectivity index (χ2v) is 5.00. The molecule has 1 N–H and O–H groups in total. The summed E-state index contributed by atoms with van der Waals surface area (Å²) in [5, 5.41) is 8.55. The summed E-state index contributed by atoms with van der Waals surface area (Å²) in [5.74, 6) is -0.0547. The van der Waals surface area contributed by atoms with Gasteiger partial charge in [-0.1, -0.05) is 55.7 Å². The third-order valence-corrected chi connectivity index (χ3v) is 3.62. The van der Waals surface area contributed by atoms with Gasteiger partial charge in [0.1, 0.15) is 0 Å². The first kappa shape index (κ1) is 12.9. The lowest BCUT2D eigenvalue weighted by molar-refractivity contribution is -0.135. The van der Waals surface area contributed by atoms with Crippen LogP contribution in [0.5, 0.6) is 0 Å². The predicted molar refractivity (Wildman–Crippen MR) is 73.6 cm³/mol. The molecule has 2 nitrogen and oxygen atoms in total. The summed E-state index contributed by atoms with van der Waals surface area (Å²) in [7, 11) is 0. The van der Waals surface area contributed by atoms with Crippen LogP contribution in [0.4, 0.5) is 0 Å². The van der Waals surface area contributed by atoms with Gasteiger partial charge in [-0.3, -0.25) is 4.79 Å². The van der Waals surface area contributed by atoms with Gasteiger partial charge in [-0.2, -0.15) is 0 Å². The lowest BCUT2D eigenvalue weighted by atomic mass is 9.84. The normalized spacial score (nSPS) is 17.1. The van der Waals surface area contributed by atoms with Crippen LogP contribution >= 0.6 is 0 Å². The van der Waals surface area contributed by atoms with Gasteiger partial charge in [-0.25, -0.2) is 0 Å². The Labute approximate surface area is 108 Å². The van der Waals surface area contributed by atoms with Crippen LogP contribution in [0.15, 0.2) is 30.3 Å². The monoisotopic (exact) mass is 244 g/mol. The summed E-state index contributed by atoms with van der Waals surface area (Å²) in [4.78, 5) is 10.4. The molecule has 0 spiro atoms. The minimum atomic E-state index is -0.787. The van der Waals surface area contributed by atoms with Crippen LogP contribution in [-0.4, -0.2) is 11.1 Å². The molecule has 18 heavy (non-hydrogen) atoms. The number of carbonyl (C=O) groups is 1. The number of hydrogen-bond acceptors (Lipinski definition) is 1. The van der Waals surface area contributed by atoms with Gasteiger partial charge in [-0.05, 0) is 29.9 Å². The Morgan fingerprint density at radius 1 is 1.17 bits per heavy atom. The summed E-state index contributed by atoms with van der Waals surface area (Å²) in [6, 6.07) is 8.55. The van der Waals surface area contributed by atoms with Crippen LogP contribution in [0.25, 0.3) is 6.08 Å². The molecule has 0 bridgehead atoms. The van der Waals surface area contributed by atoms with Crippen molar-refractivity contribution in [1.82, 2.24) is 0 Å². The van der Waals surface area contributed by atoms with Crippen LogP contribution in [0, 0.1) is 0 Å². The predicted octanol–water partition coefficient (Wildman–Crippen LogP) is 4.22. The largest absolute Gasteiger partial charge is 0.481 e. The smallest absolute Gasteiger partial charge is 0.307 e. The fourth-order valence-corrected chi connectivity index (χ4v) is 2.61. The zero-order valence-electron chi connectivity index (χ0n) is 10.6. The second kappa shape index (κ2) is 6.39. The molecule has 1 aliphatic carbocycles. The number of rotatable bonds is 4. The Morgan fingerprint density at radius 3 is 2.44 bits per heavy atom. The standard InChI is InChI=1S/C16H20O2/c17-16(18)8-4-5-13-9-11-15(12-10-13)14-6-2-1-3-7-14/h4-5,9-12,14H,1-3,6-8H2,(H,17,18)/b5-4+. The van der Waals surface area contributed by atoms with Gasteiger partial charge in [0, 0.05) is 0 Å². The van der Waals surface area contributed by atoms with E-state index in [0.717, 1.165) is 11.5 Å². The van der Waals surface area contributed by atoms with Gasteiger partial charge < -0.3 is 5.11 Å². The van der Waals surface area contributed by atoms with E-state index in [-0.39, 0.29) is 6.42 Å². The van der Waals surface area contributed by atoms with E-state index in [1.165, 1.54) is 37.7 Å². The zero-order valence-corrected chi connectivity index (χ0v) is 10.6. The molecule has 1 aromatic rings. The highest BCUT2D eigenvalue weighted by molar-refractivity contribution is 5.70. The highest BCUT2D eigenvalue weighted by atomic mass is 16.4. The summed E-state index contributed by atoms with van der Waals surface area (Å²) < 4.78 is 0. The molecule has 0 atom stereocenters. The first-order valence-electron chi connectivity index (χ1n) is 6.74. The summed E-state index contributed by atoms with van der Waals surface area (Å²) >= 11 is 0. The van der Waals surface area contributed by atoms with Crippen molar-refractivity contribution in [2.75, 3.05) is 0 Å². The van der Waals surface area contributed by atoms with E-state index < -0.39 is 5.97 Å². The minimum Gasteiger partial charge on any atom is -0.481 e. The maximum Gasteiger partial charge on any atom is 0.307 e. The molecule has 0 aliphatic heterocycles. The number of hydrogen-bond donors (Lipinski definition) is 1. The molecule has 0 amide bonds. The maximum atomic E-state index is 10.4. The van der Waals surface area contributed by atoms with E-state index in [1.807, 2.05) is 6.08 Å². The zero-order chi connectivity index (χ0) is 12.8. The fraction of sp³-hybridized carbons (Fsp3) is 0.438. The van der Waals surface area contributed by atoms with Gasteiger partial charge >= 0.3 is 5.97 Å². The molecule has 1 saturated carbocycles. The molecule has 1 aromatic carbocycles. The lowest BCUT2D eigenvalue weighted by Gasteiger charge is -2.21. The Kier molecular flexibility index (Phi) is 4.57. The van der Waals surface area contributed by atoms with E-state index in [4.69, 9.17) is 5.11 Å². The Morgan fingerprint density at radius 2 is 1.83 bits per heavy atom. The van der Waals surface area contributed by atoms with Crippen molar-refractivity contribution >= 4 is 12.0 Å². The van der Waals surface area contributed by atoms with E-state index in [1.54, 1.807) is 6.08 Å². The minimum absolute atomic E-state index is 0.0877.